The van der Waals surface area contributed by atoms with E-state index in [0.717, 1.165) is 11.4 Å². The summed E-state index contributed by atoms with van der Waals surface area (Å²) in [5.41, 5.74) is 8.40. The zero-order chi connectivity index (χ0) is 26.0. The summed E-state index contributed by atoms with van der Waals surface area (Å²) in [5.74, 6) is 0. The number of para-hydroxylation sites is 1. The van der Waals surface area contributed by atoms with Gasteiger partial charge in [-0.05, 0) is 58.0 Å². The molecule has 0 bridgehead atoms. The molecule has 184 valence electrons. The van der Waals surface area contributed by atoms with Crippen LogP contribution < -0.4 is 4.90 Å². The Morgan fingerprint density at radius 3 is 1.58 bits per heavy atom. The molecular formula is C37H31N. The van der Waals surface area contributed by atoms with Crippen LogP contribution in [0.4, 0.5) is 17.1 Å². The van der Waals surface area contributed by atoms with Gasteiger partial charge in [-0.25, -0.2) is 0 Å². The topological polar surface area (TPSA) is 3.24 Å². The number of hydrogen-bond donors (Lipinski definition) is 0. The average molecular weight is 490 g/mol. The Bertz CT molecular complexity index is 1650. The van der Waals surface area contributed by atoms with Crippen LogP contribution in [0.5, 0.6) is 0 Å². The minimum Gasteiger partial charge on any atom is -0.310 e. The molecule has 0 saturated heterocycles. The van der Waals surface area contributed by atoms with Crippen LogP contribution in [0.25, 0.3) is 21.9 Å². The number of hydrogen-bond acceptors (Lipinski definition) is 1. The molecule has 6 aromatic rings. The summed E-state index contributed by atoms with van der Waals surface area (Å²) in [5, 5.41) is 2.52. The van der Waals surface area contributed by atoms with E-state index < -0.39 is 0 Å². The smallest absolute Gasteiger partial charge is 0.0540 e. The van der Waals surface area contributed by atoms with Crippen LogP contribution in [0.15, 0.2) is 152 Å². The molecule has 0 radical (unpaired) electrons. The van der Waals surface area contributed by atoms with Gasteiger partial charge in [0.25, 0.3) is 0 Å². The van der Waals surface area contributed by atoms with Gasteiger partial charge in [0.2, 0.25) is 0 Å². The highest BCUT2D eigenvalue weighted by atomic mass is 15.1. The summed E-state index contributed by atoms with van der Waals surface area (Å²) in [6.07, 6.45) is 0. The zero-order valence-corrected chi connectivity index (χ0v) is 21.9. The van der Waals surface area contributed by atoms with E-state index in [4.69, 9.17) is 0 Å². The molecular weight excluding hydrogens is 458 g/mol. The Labute approximate surface area is 225 Å². The Balaban J connectivity index is 1.52. The Kier molecular flexibility index (Phi) is 6.27. The molecule has 0 spiro atoms. The summed E-state index contributed by atoms with van der Waals surface area (Å²) < 4.78 is 0. The molecule has 0 N–H and O–H groups in total. The summed E-state index contributed by atoms with van der Waals surface area (Å²) in [7, 11) is 0. The van der Waals surface area contributed by atoms with E-state index >= 15 is 0 Å². The minimum atomic E-state index is -0.131. The number of anilines is 3. The third-order valence-corrected chi connectivity index (χ3v) is 7.56. The van der Waals surface area contributed by atoms with Crippen molar-refractivity contribution in [3.8, 4) is 11.1 Å². The predicted octanol–water partition coefficient (Wildman–Crippen LogP) is 10.3. The number of fused-ring (bicyclic) bond motifs is 1. The highest BCUT2D eigenvalue weighted by Gasteiger charge is 2.26. The highest BCUT2D eigenvalue weighted by Crippen LogP contribution is 2.43. The maximum Gasteiger partial charge on any atom is 0.0540 e. The Hall–Kier alpha value is -4.62. The first-order chi connectivity index (χ1) is 18.6. The first-order valence-corrected chi connectivity index (χ1v) is 13.2. The number of benzene rings is 6. The maximum atomic E-state index is 2.37. The van der Waals surface area contributed by atoms with Gasteiger partial charge in [-0.2, -0.15) is 0 Å². The lowest BCUT2D eigenvalue weighted by Gasteiger charge is -2.31. The Morgan fingerprint density at radius 2 is 0.921 bits per heavy atom. The first-order valence-electron chi connectivity index (χ1n) is 13.2. The summed E-state index contributed by atoms with van der Waals surface area (Å²) >= 11 is 0. The van der Waals surface area contributed by atoms with Crippen molar-refractivity contribution in [3.63, 3.8) is 0 Å². The highest BCUT2D eigenvalue weighted by molar-refractivity contribution is 6.01. The van der Waals surface area contributed by atoms with Crippen LogP contribution in [0.1, 0.15) is 25.0 Å². The fourth-order valence-corrected chi connectivity index (χ4v) is 5.47. The van der Waals surface area contributed by atoms with Crippen molar-refractivity contribution >= 4 is 27.8 Å². The second-order valence-electron chi connectivity index (χ2n) is 10.3. The molecule has 0 heterocycles. The van der Waals surface area contributed by atoms with Crippen molar-refractivity contribution in [1.82, 2.24) is 0 Å². The summed E-state index contributed by atoms with van der Waals surface area (Å²) in [6, 6.07) is 54.3. The van der Waals surface area contributed by atoms with Crippen molar-refractivity contribution in [2.45, 2.75) is 19.3 Å². The van der Waals surface area contributed by atoms with E-state index in [2.05, 4.69) is 170 Å². The van der Waals surface area contributed by atoms with Crippen LogP contribution in [0.2, 0.25) is 0 Å². The second kappa shape index (κ2) is 10.0. The number of nitrogens with zero attached hydrogens (tertiary/aromatic N) is 1. The van der Waals surface area contributed by atoms with Gasteiger partial charge in [0.1, 0.15) is 0 Å². The van der Waals surface area contributed by atoms with Gasteiger partial charge >= 0.3 is 0 Å². The lowest BCUT2D eigenvalue weighted by Crippen LogP contribution is -2.20. The molecule has 0 aliphatic rings. The Morgan fingerprint density at radius 1 is 0.421 bits per heavy atom. The van der Waals surface area contributed by atoms with Gasteiger partial charge in [0.15, 0.2) is 0 Å². The van der Waals surface area contributed by atoms with Crippen LogP contribution in [0.3, 0.4) is 0 Å². The average Bonchev–Trinajstić information content (AvgIpc) is 2.99. The van der Waals surface area contributed by atoms with Crippen molar-refractivity contribution in [1.29, 1.82) is 0 Å². The van der Waals surface area contributed by atoms with Crippen molar-refractivity contribution in [3.05, 3.63) is 163 Å². The van der Waals surface area contributed by atoms with Crippen molar-refractivity contribution < 1.29 is 0 Å². The van der Waals surface area contributed by atoms with Gasteiger partial charge in [0.05, 0.1) is 5.69 Å². The molecule has 0 unspecified atom stereocenters. The van der Waals surface area contributed by atoms with Gasteiger partial charge in [0, 0.05) is 22.2 Å². The summed E-state index contributed by atoms with van der Waals surface area (Å²) in [4.78, 5) is 2.37. The van der Waals surface area contributed by atoms with E-state index in [-0.39, 0.29) is 5.41 Å². The molecule has 0 saturated carbocycles. The third kappa shape index (κ3) is 4.37. The van der Waals surface area contributed by atoms with E-state index in [1.165, 1.54) is 38.7 Å². The van der Waals surface area contributed by atoms with E-state index in [9.17, 15) is 0 Å². The largest absolute Gasteiger partial charge is 0.310 e. The molecule has 0 aliphatic heterocycles. The zero-order valence-electron chi connectivity index (χ0n) is 21.9. The molecule has 0 aliphatic carbocycles. The van der Waals surface area contributed by atoms with Crippen LogP contribution in [0, 0.1) is 0 Å². The molecule has 0 atom stereocenters. The molecule has 0 fully saturated rings. The van der Waals surface area contributed by atoms with Gasteiger partial charge in [-0.15, -0.1) is 0 Å². The monoisotopic (exact) mass is 489 g/mol. The quantitative estimate of drug-likeness (QED) is 0.225. The lowest BCUT2D eigenvalue weighted by molar-refractivity contribution is 0.647. The first kappa shape index (κ1) is 23.8. The van der Waals surface area contributed by atoms with Crippen LogP contribution >= 0.6 is 0 Å². The van der Waals surface area contributed by atoms with Crippen molar-refractivity contribution in [2.24, 2.45) is 0 Å². The predicted molar refractivity (Wildman–Crippen MR) is 163 cm³/mol. The van der Waals surface area contributed by atoms with Gasteiger partial charge in [-0.1, -0.05) is 135 Å². The van der Waals surface area contributed by atoms with E-state index in [0.29, 0.717) is 0 Å². The molecule has 38 heavy (non-hydrogen) atoms. The number of rotatable bonds is 6. The normalized spacial score (nSPS) is 11.4. The van der Waals surface area contributed by atoms with Crippen LogP contribution in [-0.4, -0.2) is 0 Å². The maximum absolute atomic E-state index is 2.37. The minimum absolute atomic E-state index is 0.131. The molecule has 6 aromatic carbocycles. The van der Waals surface area contributed by atoms with Crippen LogP contribution in [-0.2, 0) is 5.41 Å². The third-order valence-electron chi connectivity index (χ3n) is 7.56. The van der Waals surface area contributed by atoms with E-state index in [1.54, 1.807) is 0 Å². The SMILES string of the molecule is CC(C)(c1ccccc1)c1ccc(N(c2ccccc2)c2ccc(-c3ccccc3)cc2)c2ccccc12. The molecule has 6 rings (SSSR count). The molecule has 0 aromatic heterocycles. The fourth-order valence-electron chi connectivity index (χ4n) is 5.47. The van der Waals surface area contributed by atoms with E-state index in [1.807, 2.05) is 0 Å². The molecule has 0 amide bonds. The van der Waals surface area contributed by atoms with Crippen molar-refractivity contribution in [2.75, 3.05) is 4.90 Å². The fraction of sp³-hybridized carbons (Fsp3) is 0.0811. The second-order valence-corrected chi connectivity index (χ2v) is 10.3. The summed E-state index contributed by atoms with van der Waals surface area (Å²) in [6.45, 7) is 4.64. The standard InChI is InChI=1S/C37H31N/c1-37(2,30-16-8-4-9-17-30)35-26-27-36(34-21-13-12-20-33(34)35)38(31-18-10-5-11-19-31)32-24-22-29(23-25-32)28-14-6-3-7-15-28/h3-27H,1-2H3. The van der Waals surface area contributed by atoms with Gasteiger partial charge < -0.3 is 4.90 Å². The lowest BCUT2D eigenvalue weighted by atomic mass is 9.76. The molecule has 1 nitrogen and oxygen atoms in total. The molecule has 1 heteroatoms. The van der Waals surface area contributed by atoms with Gasteiger partial charge in [-0.3, -0.25) is 0 Å².